The van der Waals surface area contributed by atoms with Gasteiger partial charge in [0.25, 0.3) is 8.32 Å². The van der Waals surface area contributed by atoms with Gasteiger partial charge in [0.2, 0.25) is 0 Å². The molecule has 0 aromatic heterocycles. The molecular weight excluding hydrogens is 635 g/mol. The smallest absolute Gasteiger partial charge is 0.261 e. The predicted molar refractivity (Wildman–Crippen MR) is 186 cm³/mol. The Kier molecular flexibility index (Phi) is 14.3. The van der Waals surface area contributed by atoms with E-state index in [9.17, 15) is 0 Å². The summed E-state index contributed by atoms with van der Waals surface area (Å²) in [4.78, 5) is 0. The molecule has 0 aliphatic carbocycles. The Hall–Kier alpha value is -1.25. The summed E-state index contributed by atoms with van der Waals surface area (Å²) in [6.45, 7) is 15.4. The predicted octanol–water partition coefficient (Wildman–Crippen LogP) is 9.00. The molecule has 5 heteroatoms. The normalized spacial score (nSPS) is 18.8. The molecule has 0 radical (unpaired) electrons. The van der Waals surface area contributed by atoms with Crippen molar-refractivity contribution in [3.05, 3.63) is 84.0 Å². The topological polar surface area (TPSA) is 27.7 Å². The van der Waals surface area contributed by atoms with E-state index < -0.39 is 8.32 Å². The van der Waals surface area contributed by atoms with Gasteiger partial charge in [0.05, 0.1) is 6.61 Å². The molecule has 0 spiro atoms. The van der Waals surface area contributed by atoms with E-state index in [1.54, 1.807) is 0 Å². The summed E-state index contributed by atoms with van der Waals surface area (Å²) < 4.78 is 20.6. The van der Waals surface area contributed by atoms with Crippen molar-refractivity contribution in [2.24, 2.45) is 5.92 Å². The quantitative estimate of drug-likeness (QED) is 0.0810. The molecule has 41 heavy (non-hydrogen) atoms. The van der Waals surface area contributed by atoms with Crippen LogP contribution in [0.1, 0.15) is 86.5 Å². The van der Waals surface area contributed by atoms with Crippen LogP contribution in [0.5, 0.6) is 0 Å². The Morgan fingerprint density at radius 2 is 1.61 bits per heavy atom. The van der Waals surface area contributed by atoms with Crippen LogP contribution < -0.4 is 10.4 Å². The van der Waals surface area contributed by atoms with E-state index in [-0.39, 0.29) is 17.4 Å². The molecule has 226 valence electrons. The number of ether oxygens (including phenoxy) is 2. The standard InChI is InChI=1S/C36H53IO3Si/c1-29(16-15-17-31(3)28-37)26-32(27-30(2)23-25-39-35-22-13-14-24-38-35)40-41(36(4,5)6,33-18-9-7-10-19-33)34-20-11-8-12-21-34/h7-12,17-21,23,29,32,35H,13-16,22,24-28H2,1-6H3/b30-23-,31-17+/t29-,32?,35?/m0/s1. The van der Waals surface area contributed by atoms with Crippen LogP contribution >= 0.6 is 22.6 Å². The molecule has 0 bridgehead atoms. The minimum Gasteiger partial charge on any atom is -0.404 e. The lowest BCUT2D eigenvalue weighted by atomic mass is 9.95. The highest BCUT2D eigenvalue weighted by atomic mass is 127. The Morgan fingerprint density at radius 1 is 0.976 bits per heavy atom. The summed E-state index contributed by atoms with van der Waals surface area (Å²) in [5.41, 5.74) is 2.80. The summed E-state index contributed by atoms with van der Waals surface area (Å²) in [6, 6.07) is 22.1. The number of alkyl halides is 1. The van der Waals surface area contributed by atoms with E-state index in [2.05, 4.69) is 137 Å². The number of allylic oxidation sites excluding steroid dienone is 2. The third kappa shape index (κ3) is 10.5. The number of benzene rings is 2. The van der Waals surface area contributed by atoms with E-state index in [4.69, 9.17) is 13.9 Å². The summed E-state index contributed by atoms with van der Waals surface area (Å²) in [5.74, 6) is 0.566. The molecule has 2 unspecified atom stereocenters. The second-order valence-electron chi connectivity index (χ2n) is 12.9. The van der Waals surface area contributed by atoms with Gasteiger partial charge in [-0.05, 0) is 80.1 Å². The van der Waals surface area contributed by atoms with Crippen LogP contribution in [-0.4, -0.2) is 38.4 Å². The molecule has 3 nitrogen and oxygen atoms in total. The minimum atomic E-state index is -2.65. The van der Waals surface area contributed by atoms with Crippen molar-refractivity contribution in [1.82, 2.24) is 0 Å². The summed E-state index contributed by atoms with van der Waals surface area (Å²) >= 11 is 2.45. The maximum absolute atomic E-state index is 7.68. The zero-order valence-electron chi connectivity index (χ0n) is 26.3. The molecular formula is C36H53IO3Si. The van der Waals surface area contributed by atoms with Crippen molar-refractivity contribution in [2.45, 2.75) is 104 Å². The first kappa shape index (κ1) is 34.2. The van der Waals surface area contributed by atoms with Gasteiger partial charge in [0.1, 0.15) is 0 Å². The number of hydrogen-bond donors (Lipinski definition) is 0. The average molecular weight is 689 g/mol. The Balaban J connectivity index is 1.90. The molecule has 1 fully saturated rings. The maximum atomic E-state index is 7.68. The highest BCUT2D eigenvalue weighted by Crippen LogP contribution is 2.39. The summed E-state index contributed by atoms with van der Waals surface area (Å²) in [7, 11) is -2.65. The molecule has 0 N–H and O–H groups in total. The minimum absolute atomic E-state index is 0.0453. The number of hydrogen-bond acceptors (Lipinski definition) is 3. The lowest BCUT2D eigenvalue weighted by molar-refractivity contribution is -0.155. The third-order valence-electron chi connectivity index (χ3n) is 8.19. The second kappa shape index (κ2) is 17.1. The van der Waals surface area contributed by atoms with Crippen molar-refractivity contribution < 1.29 is 13.9 Å². The molecule has 1 saturated heterocycles. The van der Waals surface area contributed by atoms with Crippen LogP contribution in [0.25, 0.3) is 0 Å². The second-order valence-corrected chi connectivity index (χ2v) is 17.9. The number of halogens is 1. The first-order valence-corrected chi connectivity index (χ1v) is 19.0. The molecule has 2 aromatic carbocycles. The highest BCUT2D eigenvalue weighted by Gasteiger charge is 2.51. The maximum Gasteiger partial charge on any atom is 0.261 e. The molecule has 1 aliphatic heterocycles. The van der Waals surface area contributed by atoms with Gasteiger partial charge < -0.3 is 13.9 Å². The monoisotopic (exact) mass is 688 g/mol. The molecule has 3 atom stereocenters. The summed E-state index contributed by atoms with van der Waals surface area (Å²) in [6.07, 6.45) is 12.3. The zero-order valence-corrected chi connectivity index (χ0v) is 29.5. The van der Waals surface area contributed by atoms with Crippen molar-refractivity contribution in [1.29, 1.82) is 0 Å². The SMILES string of the molecule is C/C(=C/COC1CCCCO1)CC(C[C@@H](C)CC/C=C(\C)CI)O[Si](c1ccccc1)(c1ccccc1)C(C)(C)C. The van der Waals surface area contributed by atoms with Crippen molar-refractivity contribution in [2.75, 3.05) is 17.6 Å². The molecule has 0 saturated carbocycles. The van der Waals surface area contributed by atoms with Gasteiger partial charge in [0, 0.05) is 17.1 Å². The van der Waals surface area contributed by atoms with E-state index in [0.29, 0.717) is 12.5 Å². The lowest BCUT2D eigenvalue weighted by Gasteiger charge is -2.45. The van der Waals surface area contributed by atoms with Gasteiger partial charge in [-0.2, -0.15) is 0 Å². The fourth-order valence-electron chi connectivity index (χ4n) is 5.93. The van der Waals surface area contributed by atoms with Gasteiger partial charge >= 0.3 is 0 Å². The number of rotatable bonds is 15. The van der Waals surface area contributed by atoms with Crippen molar-refractivity contribution in [3.63, 3.8) is 0 Å². The van der Waals surface area contributed by atoms with E-state index in [1.165, 1.54) is 34.4 Å². The first-order chi connectivity index (χ1) is 19.7. The fraction of sp³-hybridized carbons (Fsp3) is 0.556. The molecule has 3 rings (SSSR count). The molecule has 1 heterocycles. The van der Waals surface area contributed by atoms with Gasteiger partial charge in [-0.25, -0.2) is 0 Å². The van der Waals surface area contributed by atoms with Crippen molar-refractivity contribution in [3.8, 4) is 0 Å². The van der Waals surface area contributed by atoms with E-state index in [0.717, 1.165) is 43.1 Å². The van der Waals surface area contributed by atoms with E-state index in [1.807, 2.05) is 0 Å². The Labute approximate surface area is 265 Å². The van der Waals surface area contributed by atoms with Gasteiger partial charge in [-0.3, -0.25) is 0 Å². The average Bonchev–Trinajstić information content (AvgIpc) is 2.96. The van der Waals surface area contributed by atoms with Crippen LogP contribution in [0.2, 0.25) is 5.04 Å². The first-order valence-electron chi connectivity index (χ1n) is 15.5. The third-order valence-corrected chi connectivity index (χ3v) is 14.5. The van der Waals surface area contributed by atoms with Crippen LogP contribution in [0, 0.1) is 5.92 Å². The van der Waals surface area contributed by atoms with Gasteiger partial charge in [-0.15, -0.1) is 0 Å². The Bertz CT molecular complexity index is 1030. The molecule has 1 aliphatic rings. The lowest BCUT2D eigenvalue weighted by Crippen LogP contribution is -2.67. The molecule has 0 amide bonds. The van der Waals surface area contributed by atoms with E-state index >= 15 is 0 Å². The van der Waals surface area contributed by atoms with Crippen LogP contribution in [-0.2, 0) is 13.9 Å². The summed E-state index contributed by atoms with van der Waals surface area (Å²) in [5, 5.41) is 2.64. The van der Waals surface area contributed by atoms with Gasteiger partial charge in [-0.1, -0.05) is 134 Å². The largest absolute Gasteiger partial charge is 0.404 e. The van der Waals surface area contributed by atoms with Crippen LogP contribution in [0.3, 0.4) is 0 Å². The van der Waals surface area contributed by atoms with Gasteiger partial charge in [0.15, 0.2) is 6.29 Å². The van der Waals surface area contributed by atoms with Crippen molar-refractivity contribution >= 4 is 41.3 Å². The van der Waals surface area contributed by atoms with Crippen LogP contribution in [0.4, 0.5) is 0 Å². The fourth-order valence-corrected chi connectivity index (χ4v) is 10.9. The molecule has 2 aromatic rings. The zero-order chi connectivity index (χ0) is 29.7. The highest BCUT2D eigenvalue weighted by molar-refractivity contribution is 14.1. The van der Waals surface area contributed by atoms with Crippen LogP contribution in [0.15, 0.2) is 84.0 Å². The Morgan fingerprint density at radius 3 is 2.15 bits per heavy atom.